The van der Waals surface area contributed by atoms with E-state index in [4.69, 9.17) is 0 Å². The van der Waals surface area contributed by atoms with Crippen molar-refractivity contribution in [3.63, 3.8) is 0 Å². The van der Waals surface area contributed by atoms with Crippen molar-refractivity contribution in [1.29, 1.82) is 0 Å². The van der Waals surface area contributed by atoms with Crippen molar-refractivity contribution in [2.24, 2.45) is 0 Å². The molecule has 0 saturated heterocycles. The van der Waals surface area contributed by atoms with Gasteiger partial charge in [-0.2, -0.15) is 0 Å². The van der Waals surface area contributed by atoms with Gasteiger partial charge in [0, 0.05) is 12.5 Å². The summed E-state index contributed by atoms with van der Waals surface area (Å²) in [7, 11) is 0. The van der Waals surface area contributed by atoms with Crippen molar-refractivity contribution in [3.8, 4) is 0 Å². The third-order valence-electron chi connectivity index (χ3n) is 4.41. The molecule has 0 aromatic heterocycles. The SMILES string of the molecule is Cc1ccccc1C(C)NC(=O)NCC(CC(C)O)c1ccccc1. The average molecular weight is 340 g/mol. The predicted molar refractivity (Wildman–Crippen MR) is 102 cm³/mol. The van der Waals surface area contributed by atoms with Gasteiger partial charge in [0.2, 0.25) is 0 Å². The Balaban J connectivity index is 1.93. The Morgan fingerprint density at radius 3 is 2.32 bits per heavy atom. The molecule has 0 radical (unpaired) electrons. The van der Waals surface area contributed by atoms with E-state index in [1.165, 1.54) is 0 Å². The number of carbonyl (C=O) groups excluding carboxylic acids is 1. The van der Waals surface area contributed by atoms with Gasteiger partial charge >= 0.3 is 6.03 Å². The second-order valence-corrected chi connectivity index (χ2v) is 6.62. The highest BCUT2D eigenvalue weighted by Crippen LogP contribution is 2.21. The Kier molecular flexibility index (Phi) is 7.02. The minimum atomic E-state index is -0.416. The summed E-state index contributed by atoms with van der Waals surface area (Å²) >= 11 is 0. The fraction of sp³-hybridized carbons (Fsp3) is 0.381. The highest BCUT2D eigenvalue weighted by atomic mass is 16.3. The van der Waals surface area contributed by atoms with Crippen LogP contribution in [0.1, 0.15) is 48.9 Å². The van der Waals surface area contributed by atoms with Crippen LogP contribution in [-0.2, 0) is 0 Å². The van der Waals surface area contributed by atoms with Crippen LogP contribution in [0.25, 0.3) is 0 Å². The molecule has 3 unspecified atom stereocenters. The number of urea groups is 1. The van der Waals surface area contributed by atoms with E-state index in [1.54, 1.807) is 6.92 Å². The summed E-state index contributed by atoms with van der Waals surface area (Å²) in [5, 5.41) is 15.7. The number of nitrogens with one attached hydrogen (secondary N) is 2. The number of rotatable bonds is 7. The maximum Gasteiger partial charge on any atom is 0.315 e. The third kappa shape index (κ3) is 5.91. The molecule has 0 fully saturated rings. The van der Waals surface area contributed by atoms with Crippen molar-refractivity contribution < 1.29 is 9.90 Å². The van der Waals surface area contributed by atoms with Crippen LogP contribution in [0.5, 0.6) is 0 Å². The van der Waals surface area contributed by atoms with Gasteiger partial charge in [-0.1, -0.05) is 54.6 Å². The summed E-state index contributed by atoms with van der Waals surface area (Å²) < 4.78 is 0. The van der Waals surface area contributed by atoms with Crippen LogP contribution >= 0.6 is 0 Å². The number of amides is 2. The molecule has 0 spiro atoms. The molecule has 3 N–H and O–H groups in total. The number of benzene rings is 2. The van der Waals surface area contributed by atoms with Crippen LogP contribution in [0.3, 0.4) is 0 Å². The molecule has 2 aromatic carbocycles. The normalized spacial score (nSPS) is 14.4. The third-order valence-corrected chi connectivity index (χ3v) is 4.41. The zero-order valence-electron chi connectivity index (χ0n) is 15.2. The van der Waals surface area contributed by atoms with Crippen LogP contribution in [-0.4, -0.2) is 23.8 Å². The van der Waals surface area contributed by atoms with E-state index in [-0.39, 0.29) is 18.0 Å². The van der Waals surface area contributed by atoms with Crippen LogP contribution in [0.4, 0.5) is 4.79 Å². The molecule has 25 heavy (non-hydrogen) atoms. The van der Waals surface area contributed by atoms with Gasteiger partial charge in [-0.15, -0.1) is 0 Å². The number of hydrogen-bond donors (Lipinski definition) is 3. The van der Waals surface area contributed by atoms with Gasteiger partial charge in [-0.3, -0.25) is 0 Å². The summed E-state index contributed by atoms with van der Waals surface area (Å²) in [6, 6.07) is 17.8. The van der Waals surface area contributed by atoms with Gasteiger partial charge in [0.05, 0.1) is 12.1 Å². The zero-order chi connectivity index (χ0) is 18.2. The first kappa shape index (κ1) is 19.0. The smallest absolute Gasteiger partial charge is 0.315 e. The predicted octanol–water partition coefficient (Wildman–Crippen LogP) is 3.91. The quantitative estimate of drug-likeness (QED) is 0.715. The Hall–Kier alpha value is -2.33. The van der Waals surface area contributed by atoms with Gasteiger partial charge in [-0.25, -0.2) is 4.79 Å². The lowest BCUT2D eigenvalue weighted by Crippen LogP contribution is -2.39. The summed E-state index contributed by atoms with van der Waals surface area (Å²) in [6.45, 7) is 6.28. The molecule has 134 valence electrons. The van der Waals surface area contributed by atoms with Crippen LogP contribution in [0, 0.1) is 6.92 Å². The molecule has 3 atom stereocenters. The van der Waals surface area contributed by atoms with Crippen molar-refractivity contribution in [2.75, 3.05) is 6.54 Å². The standard InChI is InChI=1S/C21H28N2O2/c1-15-9-7-8-12-20(15)17(3)23-21(25)22-14-19(13-16(2)24)18-10-5-4-6-11-18/h4-12,16-17,19,24H,13-14H2,1-3H3,(H2,22,23,25). The Bertz CT molecular complexity index is 671. The van der Waals surface area contributed by atoms with Gasteiger partial charge in [0.15, 0.2) is 0 Å². The molecule has 2 amide bonds. The first-order valence-electron chi connectivity index (χ1n) is 8.80. The topological polar surface area (TPSA) is 61.4 Å². The summed E-state index contributed by atoms with van der Waals surface area (Å²) in [5.41, 5.74) is 3.39. The van der Waals surface area contributed by atoms with Crippen molar-refractivity contribution in [3.05, 3.63) is 71.3 Å². The van der Waals surface area contributed by atoms with Crippen LogP contribution < -0.4 is 10.6 Å². The first-order chi connectivity index (χ1) is 12.0. The highest BCUT2D eigenvalue weighted by Gasteiger charge is 2.16. The summed E-state index contributed by atoms with van der Waals surface area (Å²) in [5.74, 6) is 0.0840. The average Bonchev–Trinajstić information content (AvgIpc) is 2.59. The van der Waals surface area contributed by atoms with E-state index in [2.05, 4.69) is 10.6 Å². The monoisotopic (exact) mass is 340 g/mol. The lowest BCUT2D eigenvalue weighted by Gasteiger charge is -2.21. The molecule has 2 aromatic rings. The molecule has 0 heterocycles. The molecular weight excluding hydrogens is 312 g/mol. The number of hydrogen-bond acceptors (Lipinski definition) is 2. The molecule has 0 aliphatic rings. The molecule has 4 nitrogen and oxygen atoms in total. The van der Waals surface area contributed by atoms with E-state index >= 15 is 0 Å². The lowest BCUT2D eigenvalue weighted by molar-refractivity contribution is 0.173. The van der Waals surface area contributed by atoms with E-state index in [1.807, 2.05) is 68.4 Å². The van der Waals surface area contributed by atoms with Gasteiger partial charge in [0.1, 0.15) is 0 Å². The second-order valence-electron chi connectivity index (χ2n) is 6.62. The fourth-order valence-corrected chi connectivity index (χ4v) is 3.09. The maximum atomic E-state index is 12.3. The highest BCUT2D eigenvalue weighted by molar-refractivity contribution is 5.74. The van der Waals surface area contributed by atoms with Gasteiger partial charge < -0.3 is 15.7 Å². The number of aryl methyl sites for hydroxylation is 1. The van der Waals surface area contributed by atoms with Crippen LogP contribution in [0.2, 0.25) is 0 Å². The fourth-order valence-electron chi connectivity index (χ4n) is 3.09. The molecule has 0 bridgehead atoms. The molecule has 4 heteroatoms. The van der Waals surface area contributed by atoms with Crippen LogP contribution in [0.15, 0.2) is 54.6 Å². The number of aliphatic hydroxyl groups is 1. The minimum absolute atomic E-state index is 0.0619. The van der Waals surface area contributed by atoms with E-state index in [0.29, 0.717) is 13.0 Å². The molecular formula is C21H28N2O2. The maximum absolute atomic E-state index is 12.3. The Morgan fingerprint density at radius 1 is 1.04 bits per heavy atom. The number of carbonyl (C=O) groups is 1. The molecule has 2 rings (SSSR count). The van der Waals surface area contributed by atoms with Gasteiger partial charge in [-0.05, 0) is 43.9 Å². The van der Waals surface area contributed by atoms with E-state index < -0.39 is 6.10 Å². The van der Waals surface area contributed by atoms with Gasteiger partial charge in [0.25, 0.3) is 0 Å². The largest absolute Gasteiger partial charge is 0.393 e. The molecule has 0 saturated carbocycles. The molecule has 0 aliphatic carbocycles. The summed E-state index contributed by atoms with van der Waals surface area (Å²) in [4.78, 5) is 12.3. The van der Waals surface area contributed by atoms with Crippen molar-refractivity contribution >= 4 is 6.03 Å². The van der Waals surface area contributed by atoms with E-state index in [9.17, 15) is 9.90 Å². The summed E-state index contributed by atoms with van der Waals surface area (Å²) in [6.07, 6.45) is 0.193. The van der Waals surface area contributed by atoms with Crippen molar-refractivity contribution in [1.82, 2.24) is 10.6 Å². The second kappa shape index (κ2) is 9.23. The van der Waals surface area contributed by atoms with Crippen molar-refractivity contribution in [2.45, 2.75) is 45.3 Å². The minimum Gasteiger partial charge on any atom is -0.393 e. The Labute approximate surface area is 150 Å². The first-order valence-corrected chi connectivity index (χ1v) is 8.80. The lowest BCUT2D eigenvalue weighted by atomic mass is 9.93. The zero-order valence-corrected chi connectivity index (χ0v) is 15.2. The number of aliphatic hydroxyl groups excluding tert-OH is 1. The molecule has 0 aliphatic heterocycles. The van der Waals surface area contributed by atoms with E-state index in [0.717, 1.165) is 16.7 Å². The Morgan fingerprint density at radius 2 is 1.68 bits per heavy atom.